The largest absolute Gasteiger partial charge is 0.456 e. The van der Waals surface area contributed by atoms with E-state index in [1.54, 1.807) is 0 Å². The van der Waals surface area contributed by atoms with Crippen LogP contribution in [0.25, 0.3) is 72.3 Å². The fourth-order valence-corrected chi connectivity index (χ4v) is 9.58. The number of rotatable bonds is 6. The fourth-order valence-electron chi connectivity index (χ4n) is 9.58. The number of fused-ring (bicyclic) bond motifs is 7. The maximum atomic E-state index is 6.30. The minimum atomic E-state index is -0.0883. The number of hydrogen-bond acceptors (Lipinski definition) is 2. The molecule has 2 aliphatic rings. The molecule has 1 heterocycles. The van der Waals surface area contributed by atoms with Crippen LogP contribution < -0.4 is 4.90 Å². The van der Waals surface area contributed by atoms with Crippen molar-refractivity contribution < 1.29 is 4.42 Å². The quantitative estimate of drug-likeness (QED) is 0.169. The molecule has 0 N–H and O–H groups in total. The van der Waals surface area contributed by atoms with Crippen molar-refractivity contribution in [2.24, 2.45) is 0 Å². The molecule has 0 unspecified atom stereocenters. The maximum absolute atomic E-state index is 6.30. The third kappa shape index (κ3) is 5.47. The number of benzene rings is 8. The second kappa shape index (κ2) is 13.1. The van der Waals surface area contributed by atoms with Crippen molar-refractivity contribution in [3.8, 4) is 44.5 Å². The van der Waals surface area contributed by atoms with Gasteiger partial charge in [0.1, 0.15) is 11.3 Å². The molecule has 0 atom stereocenters. The van der Waals surface area contributed by atoms with Crippen LogP contribution in [0.4, 0.5) is 17.1 Å². The number of allylic oxidation sites excluding steroid dienone is 1. The van der Waals surface area contributed by atoms with Gasteiger partial charge in [-0.2, -0.15) is 0 Å². The van der Waals surface area contributed by atoms with Gasteiger partial charge in [-0.3, -0.25) is 0 Å². The van der Waals surface area contributed by atoms with Gasteiger partial charge in [-0.1, -0.05) is 147 Å². The van der Waals surface area contributed by atoms with E-state index in [1.165, 1.54) is 77.4 Å². The van der Waals surface area contributed by atoms with Crippen LogP contribution in [0.2, 0.25) is 0 Å². The highest BCUT2D eigenvalue weighted by Gasteiger charge is 2.37. The van der Waals surface area contributed by atoms with Gasteiger partial charge in [0.2, 0.25) is 0 Å². The van der Waals surface area contributed by atoms with E-state index in [0.717, 1.165) is 41.2 Å². The molecule has 0 amide bonds. The summed E-state index contributed by atoms with van der Waals surface area (Å²) in [5.74, 6) is 0.995. The molecule has 272 valence electrons. The van der Waals surface area contributed by atoms with E-state index >= 15 is 0 Å². The molecular weight excluding hydrogens is 691 g/mol. The lowest BCUT2D eigenvalue weighted by Crippen LogP contribution is -2.16. The minimum Gasteiger partial charge on any atom is -0.456 e. The van der Waals surface area contributed by atoms with E-state index < -0.39 is 0 Å². The van der Waals surface area contributed by atoms with Gasteiger partial charge in [0, 0.05) is 33.4 Å². The van der Waals surface area contributed by atoms with Crippen molar-refractivity contribution in [1.82, 2.24) is 0 Å². The Morgan fingerprint density at radius 3 is 1.95 bits per heavy atom. The third-order valence-electron chi connectivity index (χ3n) is 12.3. The molecule has 0 fully saturated rings. The first kappa shape index (κ1) is 33.4. The summed E-state index contributed by atoms with van der Waals surface area (Å²) in [4.78, 5) is 2.39. The highest BCUT2D eigenvalue weighted by Crippen LogP contribution is 2.52. The van der Waals surface area contributed by atoms with Crippen molar-refractivity contribution in [2.45, 2.75) is 32.1 Å². The second-order valence-corrected chi connectivity index (χ2v) is 16.0. The zero-order valence-electron chi connectivity index (χ0n) is 32.2. The van der Waals surface area contributed by atoms with Crippen LogP contribution in [0.15, 0.2) is 186 Å². The Balaban J connectivity index is 1.02. The first-order valence-corrected chi connectivity index (χ1v) is 20.1. The summed E-state index contributed by atoms with van der Waals surface area (Å²) >= 11 is 0. The average molecular weight is 732 g/mol. The van der Waals surface area contributed by atoms with Crippen LogP contribution in [0.3, 0.4) is 0 Å². The molecule has 0 saturated heterocycles. The van der Waals surface area contributed by atoms with E-state index in [1.807, 2.05) is 0 Å². The molecule has 0 bridgehead atoms. The monoisotopic (exact) mass is 731 g/mol. The van der Waals surface area contributed by atoms with Gasteiger partial charge < -0.3 is 9.32 Å². The number of aryl methyl sites for hydroxylation is 1. The summed E-state index contributed by atoms with van der Waals surface area (Å²) in [7, 11) is 0. The molecule has 2 heteroatoms. The predicted molar refractivity (Wildman–Crippen MR) is 240 cm³/mol. The van der Waals surface area contributed by atoms with Gasteiger partial charge in [0.05, 0.1) is 0 Å². The summed E-state index contributed by atoms with van der Waals surface area (Å²) in [6.07, 6.45) is 6.38. The number of nitrogens with zero attached hydrogens (tertiary/aromatic N) is 1. The normalized spacial score (nSPS) is 13.7. The Kier molecular flexibility index (Phi) is 7.69. The second-order valence-electron chi connectivity index (χ2n) is 16.0. The van der Waals surface area contributed by atoms with Crippen LogP contribution in [0, 0.1) is 0 Å². The lowest BCUT2D eigenvalue weighted by Gasteiger charge is -2.27. The van der Waals surface area contributed by atoms with Crippen LogP contribution in [-0.2, 0) is 11.8 Å². The molecule has 57 heavy (non-hydrogen) atoms. The summed E-state index contributed by atoms with van der Waals surface area (Å²) in [6.45, 7) is 4.73. The zero-order valence-corrected chi connectivity index (χ0v) is 32.2. The van der Waals surface area contributed by atoms with Gasteiger partial charge in [0.25, 0.3) is 0 Å². The van der Waals surface area contributed by atoms with Crippen molar-refractivity contribution in [2.75, 3.05) is 4.90 Å². The topological polar surface area (TPSA) is 16.4 Å². The van der Waals surface area contributed by atoms with E-state index in [-0.39, 0.29) is 5.41 Å². The Morgan fingerprint density at radius 1 is 0.491 bits per heavy atom. The average Bonchev–Trinajstić information content (AvgIpc) is 3.76. The Labute approximate surface area is 334 Å². The van der Waals surface area contributed by atoms with Crippen molar-refractivity contribution in [3.05, 3.63) is 204 Å². The van der Waals surface area contributed by atoms with Crippen LogP contribution in [-0.4, -0.2) is 0 Å². The van der Waals surface area contributed by atoms with Crippen LogP contribution >= 0.6 is 0 Å². The van der Waals surface area contributed by atoms with Crippen LogP contribution in [0.1, 0.15) is 42.7 Å². The summed E-state index contributed by atoms with van der Waals surface area (Å²) in [6, 6.07) is 64.6. The third-order valence-corrected chi connectivity index (χ3v) is 12.3. The summed E-state index contributed by atoms with van der Waals surface area (Å²) in [5.41, 5.74) is 18.3. The molecule has 8 aromatic carbocycles. The summed E-state index contributed by atoms with van der Waals surface area (Å²) in [5, 5.41) is 3.73. The van der Waals surface area contributed by atoms with Gasteiger partial charge in [-0.15, -0.1) is 0 Å². The Morgan fingerprint density at radius 2 is 1.12 bits per heavy atom. The van der Waals surface area contributed by atoms with Gasteiger partial charge >= 0.3 is 0 Å². The van der Waals surface area contributed by atoms with Crippen LogP contribution in [0.5, 0.6) is 0 Å². The smallest absolute Gasteiger partial charge is 0.135 e. The van der Waals surface area contributed by atoms with Gasteiger partial charge in [-0.25, -0.2) is 0 Å². The molecule has 11 rings (SSSR count). The lowest BCUT2D eigenvalue weighted by molar-refractivity contribution is 0.595. The van der Waals surface area contributed by atoms with Crippen molar-refractivity contribution >= 4 is 44.9 Å². The van der Waals surface area contributed by atoms with E-state index in [4.69, 9.17) is 4.42 Å². The number of furan rings is 1. The molecule has 1 aromatic heterocycles. The van der Waals surface area contributed by atoms with E-state index in [0.29, 0.717) is 0 Å². The fraction of sp³-hybridized carbons (Fsp3) is 0.0909. The standard InChI is InChI=1S/C55H41NO/c1-55(2)50-21-7-5-16-47(50)48-20-10-19-46(54(48)55)38-28-32-43(33-29-38)56(44-15-9-14-40(35-44)41-25-24-36-12-3-4-13-39(36)34-41)42-30-26-37(27-31-42)45-18-11-23-52-53(45)49-17-6-8-22-51(49)57-52/h3-5,7-16,18-35H,6,17H2,1-2H3. The first-order valence-electron chi connectivity index (χ1n) is 20.1. The first-order chi connectivity index (χ1) is 28.0. The highest BCUT2D eigenvalue weighted by molar-refractivity contribution is 5.99. The SMILES string of the molecule is CC1(C)c2ccccc2-c2cccc(-c3ccc(N(c4ccc(-c5cccc6oc7c(c56)CCC=C7)cc4)c4cccc(-c5ccc6ccccc6c5)c4)cc3)c21. The maximum Gasteiger partial charge on any atom is 0.135 e. The molecule has 0 aliphatic heterocycles. The van der Waals surface area contributed by atoms with Crippen molar-refractivity contribution in [3.63, 3.8) is 0 Å². The van der Waals surface area contributed by atoms with E-state index in [2.05, 4.69) is 207 Å². The van der Waals surface area contributed by atoms with Crippen molar-refractivity contribution in [1.29, 1.82) is 0 Å². The predicted octanol–water partition coefficient (Wildman–Crippen LogP) is 15.3. The molecule has 0 radical (unpaired) electrons. The van der Waals surface area contributed by atoms with Gasteiger partial charge in [0.15, 0.2) is 0 Å². The van der Waals surface area contributed by atoms with E-state index in [9.17, 15) is 0 Å². The molecule has 2 nitrogen and oxygen atoms in total. The molecule has 0 saturated carbocycles. The minimum absolute atomic E-state index is 0.0883. The zero-order chi connectivity index (χ0) is 38.1. The molecule has 0 spiro atoms. The molecule has 2 aliphatic carbocycles. The number of anilines is 3. The summed E-state index contributed by atoms with van der Waals surface area (Å²) < 4.78 is 6.30. The van der Waals surface area contributed by atoms with Gasteiger partial charge in [-0.05, 0) is 134 Å². The lowest BCUT2D eigenvalue weighted by atomic mass is 9.79. The highest BCUT2D eigenvalue weighted by atomic mass is 16.3. The Hall–Kier alpha value is -6.90. The molecular formula is C55H41NO. The molecule has 9 aromatic rings. The Bertz CT molecular complexity index is 3030. The number of hydrogen-bond donors (Lipinski definition) is 0.